The maximum absolute atomic E-state index is 13.1. The first-order valence-electron chi connectivity index (χ1n) is 9.36. The molecule has 0 bridgehead atoms. The van der Waals surface area contributed by atoms with Crippen molar-refractivity contribution in [1.29, 1.82) is 0 Å². The van der Waals surface area contributed by atoms with Crippen molar-refractivity contribution in [2.75, 3.05) is 6.61 Å². The van der Waals surface area contributed by atoms with Crippen LogP contribution in [0.2, 0.25) is 0 Å². The smallest absolute Gasteiger partial charge is 0.421 e. The molecule has 0 spiro atoms. The number of alkyl halides is 3. The molecule has 0 radical (unpaired) electrons. The molecule has 4 rings (SSSR count). The molecule has 0 saturated heterocycles. The Kier molecular flexibility index (Phi) is 5.93. The zero-order valence-corrected chi connectivity index (χ0v) is 16.8. The van der Waals surface area contributed by atoms with Crippen LogP contribution >= 0.6 is 0 Å². The summed E-state index contributed by atoms with van der Waals surface area (Å²) < 4.78 is 55.0. The van der Waals surface area contributed by atoms with Crippen molar-refractivity contribution in [3.63, 3.8) is 0 Å². The minimum absolute atomic E-state index is 0.000776. The average molecular weight is 458 g/mol. The van der Waals surface area contributed by atoms with Crippen LogP contribution in [-0.2, 0) is 10.9 Å². The van der Waals surface area contributed by atoms with Gasteiger partial charge in [0.25, 0.3) is 11.8 Å². The molecule has 0 amide bonds. The number of esters is 1. The van der Waals surface area contributed by atoms with Crippen molar-refractivity contribution in [2.45, 2.75) is 13.1 Å². The van der Waals surface area contributed by atoms with Crippen LogP contribution < -0.4 is 4.74 Å². The number of benzene rings is 1. The van der Waals surface area contributed by atoms with Gasteiger partial charge in [-0.15, -0.1) is 15.3 Å². The number of ether oxygens (including phenoxy) is 2. The Morgan fingerprint density at radius 3 is 2.61 bits per heavy atom. The lowest BCUT2D eigenvalue weighted by Crippen LogP contribution is -2.12. The molecule has 0 unspecified atom stereocenters. The van der Waals surface area contributed by atoms with Crippen molar-refractivity contribution in [3.8, 4) is 34.8 Å². The lowest BCUT2D eigenvalue weighted by atomic mass is 10.1. The molecule has 0 saturated carbocycles. The number of carbonyl (C=O) groups excluding carboxylic acids is 1. The predicted molar refractivity (Wildman–Crippen MR) is 104 cm³/mol. The molecule has 33 heavy (non-hydrogen) atoms. The summed E-state index contributed by atoms with van der Waals surface area (Å²) in [6, 6.07) is 7.63. The Hall–Kier alpha value is -4.42. The number of carbonyl (C=O) groups is 1. The molecule has 4 aromatic rings. The maximum Gasteiger partial charge on any atom is 0.421 e. The van der Waals surface area contributed by atoms with Gasteiger partial charge in [-0.05, 0) is 31.2 Å². The van der Waals surface area contributed by atoms with Gasteiger partial charge in [0.15, 0.2) is 5.82 Å². The SMILES string of the molecule is CCOC(=O)c1nnc(-c2cccc(C(F)(F)F)c2)nc1Oc1nnc(-c2cccnc2)o1. The van der Waals surface area contributed by atoms with E-state index < -0.39 is 35.4 Å². The predicted octanol–water partition coefficient (Wildman–Crippen LogP) is 3.97. The zero-order chi connectivity index (χ0) is 23.4. The summed E-state index contributed by atoms with van der Waals surface area (Å²) in [7, 11) is 0. The molecule has 0 aliphatic heterocycles. The summed E-state index contributed by atoms with van der Waals surface area (Å²) in [5.41, 5.74) is -0.817. The van der Waals surface area contributed by atoms with Crippen LogP contribution in [0.3, 0.4) is 0 Å². The van der Waals surface area contributed by atoms with E-state index in [1.807, 2.05) is 0 Å². The molecular formula is C20H13F3N6O4. The summed E-state index contributed by atoms with van der Waals surface area (Å²) in [5, 5.41) is 15.0. The Labute approximate surface area is 183 Å². The molecule has 0 atom stereocenters. The number of halogens is 3. The van der Waals surface area contributed by atoms with Crippen molar-refractivity contribution in [3.05, 3.63) is 60.0 Å². The Bertz CT molecular complexity index is 1280. The van der Waals surface area contributed by atoms with Crippen molar-refractivity contribution < 1.29 is 31.9 Å². The van der Waals surface area contributed by atoms with Crippen LogP contribution in [0.15, 0.2) is 53.2 Å². The third-order valence-electron chi connectivity index (χ3n) is 4.07. The van der Waals surface area contributed by atoms with E-state index in [4.69, 9.17) is 13.9 Å². The quantitative estimate of drug-likeness (QED) is 0.392. The number of hydrogen-bond acceptors (Lipinski definition) is 10. The van der Waals surface area contributed by atoms with Gasteiger partial charge < -0.3 is 13.9 Å². The molecule has 0 aliphatic carbocycles. The highest BCUT2D eigenvalue weighted by molar-refractivity contribution is 5.89. The first-order chi connectivity index (χ1) is 15.8. The molecular weight excluding hydrogens is 445 g/mol. The monoisotopic (exact) mass is 458 g/mol. The summed E-state index contributed by atoms with van der Waals surface area (Å²) in [4.78, 5) is 20.2. The molecule has 0 N–H and O–H groups in total. The minimum atomic E-state index is -4.57. The van der Waals surface area contributed by atoms with E-state index in [-0.39, 0.29) is 23.9 Å². The van der Waals surface area contributed by atoms with Gasteiger partial charge in [-0.1, -0.05) is 17.2 Å². The Morgan fingerprint density at radius 2 is 1.88 bits per heavy atom. The van der Waals surface area contributed by atoms with E-state index in [0.717, 1.165) is 12.1 Å². The highest BCUT2D eigenvalue weighted by atomic mass is 19.4. The second-order valence-corrected chi connectivity index (χ2v) is 6.31. The summed E-state index contributed by atoms with van der Waals surface area (Å²) in [6.07, 6.45) is -1.92. The van der Waals surface area contributed by atoms with Gasteiger partial charge in [0.1, 0.15) is 0 Å². The van der Waals surface area contributed by atoms with Gasteiger partial charge in [-0.3, -0.25) is 4.98 Å². The van der Waals surface area contributed by atoms with Gasteiger partial charge in [0.2, 0.25) is 5.69 Å². The van der Waals surface area contributed by atoms with Crippen LogP contribution in [0, 0.1) is 0 Å². The number of rotatable bonds is 6. The van der Waals surface area contributed by atoms with E-state index in [2.05, 4.69) is 30.4 Å². The summed E-state index contributed by atoms with van der Waals surface area (Å²) >= 11 is 0. The van der Waals surface area contributed by atoms with Gasteiger partial charge in [-0.25, -0.2) is 4.79 Å². The molecule has 3 aromatic heterocycles. The fraction of sp³-hybridized carbons (Fsp3) is 0.150. The second-order valence-electron chi connectivity index (χ2n) is 6.31. The Morgan fingerprint density at radius 1 is 1.06 bits per heavy atom. The van der Waals surface area contributed by atoms with Crippen LogP contribution in [-0.4, -0.2) is 42.9 Å². The number of hydrogen-bond donors (Lipinski definition) is 0. The van der Waals surface area contributed by atoms with E-state index in [0.29, 0.717) is 5.56 Å². The van der Waals surface area contributed by atoms with Crippen molar-refractivity contribution >= 4 is 5.97 Å². The average Bonchev–Trinajstić information content (AvgIpc) is 3.28. The lowest BCUT2D eigenvalue weighted by Gasteiger charge is -2.09. The molecule has 3 heterocycles. The Balaban J connectivity index is 1.71. The van der Waals surface area contributed by atoms with Gasteiger partial charge in [0, 0.05) is 18.0 Å². The number of aromatic nitrogens is 6. The normalized spacial score (nSPS) is 11.3. The molecule has 1 aromatic carbocycles. The number of pyridine rings is 1. The maximum atomic E-state index is 13.1. The third-order valence-corrected chi connectivity index (χ3v) is 4.07. The largest absolute Gasteiger partial charge is 0.461 e. The molecule has 13 heteroatoms. The van der Waals surface area contributed by atoms with E-state index >= 15 is 0 Å². The van der Waals surface area contributed by atoms with E-state index in [9.17, 15) is 18.0 Å². The van der Waals surface area contributed by atoms with Crippen LogP contribution in [0.25, 0.3) is 22.8 Å². The standard InChI is InChI=1S/C20H13F3N6O4/c1-2-31-18(30)14-17(33-19-29-28-16(32-19)12-6-4-8-24-10-12)25-15(27-26-14)11-5-3-7-13(9-11)20(21,22)23/h3-10H,2H2,1H3. The highest BCUT2D eigenvalue weighted by Crippen LogP contribution is 2.32. The van der Waals surface area contributed by atoms with E-state index in [1.165, 1.54) is 18.3 Å². The summed E-state index contributed by atoms with van der Waals surface area (Å²) in [5.74, 6) is -1.49. The van der Waals surface area contributed by atoms with Gasteiger partial charge in [-0.2, -0.15) is 18.2 Å². The highest BCUT2D eigenvalue weighted by Gasteiger charge is 2.31. The fourth-order valence-electron chi connectivity index (χ4n) is 2.61. The van der Waals surface area contributed by atoms with E-state index in [1.54, 1.807) is 25.3 Å². The first-order valence-corrected chi connectivity index (χ1v) is 9.36. The van der Waals surface area contributed by atoms with Crippen molar-refractivity contribution in [1.82, 2.24) is 30.4 Å². The van der Waals surface area contributed by atoms with Crippen LogP contribution in [0.4, 0.5) is 13.2 Å². The van der Waals surface area contributed by atoms with Crippen LogP contribution in [0.5, 0.6) is 12.0 Å². The third kappa shape index (κ3) is 4.92. The summed E-state index contributed by atoms with van der Waals surface area (Å²) in [6.45, 7) is 1.61. The molecule has 0 aliphatic rings. The van der Waals surface area contributed by atoms with Crippen LogP contribution in [0.1, 0.15) is 23.0 Å². The fourth-order valence-corrected chi connectivity index (χ4v) is 2.61. The molecule has 10 nitrogen and oxygen atoms in total. The zero-order valence-electron chi connectivity index (χ0n) is 16.8. The van der Waals surface area contributed by atoms with Gasteiger partial charge >= 0.3 is 18.2 Å². The second kappa shape index (κ2) is 8.98. The lowest BCUT2D eigenvalue weighted by molar-refractivity contribution is -0.137. The van der Waals surface area contributed by atoms with Crippen molar-refractivity contribution in [2.24, 2.45) is 0 Å². The molecule has 0 fully saturated rings. The molecule has 168 valence electrons. The number of nitrogens with zero attached hydrogens (tertiary/aromatic N) is 6. The topological polar surface area (TPSA) is 126 Å². The van der Waals surface area contributed by atoms with Gasteiger partial charge in [0.05, 0.1) is 17.7 Å². The first kappa shape index (κ1) is 21.8. The minimum Gasteiger partial charge on any atom is -0.461 e.